The fraction of sp³-hybridized carbons (Fsp3) is 0.120. The third kappa shape index (κ3) is 3.57. The van der Waals surface area contributed by atoms with Gasteiger partial charge in [0.25, 0.3) is 11.7 Å². The summed E-state index contributed by atoms with van der Waals surface area (Å²) in [4.78, 5) is 27.5. The van der Waals surface area contributed by atoms with E-state index in [4.69, 9.17) is 4.74 Å². The van der Waals surface area contributed by atoms with Gasteiger partial charge in [-0.05, 0) is 23.3 Å². The first-order valence-corrected chi connectivity index (χ1v) is 9.62. The second kappa shape index (κ2) is 8.25. The summed E-state index contributed by atoms with van der Waals surface area (Å²) in [5.41, 5.74) is 2.21. The smallest absolute Gasteiger partial charge is 0.295 e. The molecule has 1 heterocycles. The van der Waals surface area contributed by atoms with Crippen molar-refractivity contribution in [1.29, 1.82) is 0 Å². The molecule has 0 aliphatic carbocycles. The summed E-state index contributed by atoms with van der Waals surface area (Å²) < 4.78 is 5.23. The van der Waals surface area contributed by atoms with Crippen LogP contribution in [0.3, 0.4) is 0 Å². The Morgan fingerprint density at radius 1 is 0.900 bits per heavy atom. The molecular formula is C25H21NO4. The Hall–Kier alpha value is -3.86. The number of ketones is 1. The van der Waals surface area contributed by atoms with Crippen LogP contribution in [-0.2, 0) is 16.1 Å². The number of amides is 1. The summed E-state index contributed by atoms with van der Waals surface area (Å²) in [5, 5.41) is 11.0. The van der Waals surface area contributed by atoms with Crippen LogP contribution in [0.1, 0.15) is 22.7 Å². The van der Waals surface area contributed by atoms with E-state index in [1.165, 1.54) is 4.90 Å². The van der Waals surface area contributed by atoms with Gasteiger partial charge in [-0.2, -0.15) is 0 Å². The van der Waals surface area contributed by atoms with Gasteiger partial charge in [0.15, 0.2) is 0 Å². The Kier molecular flexibility index (Phi) is 5.35. The number of hydrogen-bond donors (Lipinski definition) is 1. The van der Waals surface area contributed by atoms with Crippen LogP contribution in [0.4, 0.5) is 0 Å². The minimum Gasteiger partial charge on any atom is -0.507 e. The summed E-state index contributed by atoms with van der Waals surface area (Å²) in [6.07, 6.45) is 0. The van der Waals surface area contributed by atoms with Gasteiger partial charge in [0.2, 0.25) is 0 Å². The molecule has 1 fully saturated rings. The van der Waals surface area contributed by atoms with E-state index in [2.05, 4.69) is 0 Å². The summed E-state index contributed by atoms with van der Waals surface area (Å²) in [6.45, 7) is 0.258. The number of Topliss-reactive ketones (excluding diaryl/α,β-unsaturated/α-hetero) is 1. The molecule has 150 valence electrons. The van der Waals surface area contributed by atoms with E-state index in [1.54, 1.807) is 43.5 Å². The van der Waals surface area contributed by atoms with Crippen LogP contribution in [0, 0.1) is 0 Å². The van der Waals surface area contributed by atoms with Gasteiger partial charge in [0.05, 0.1) is 18.7 Å². The predicted octanol–water partition coefficient (Wildman–Crippen LogP) is 4.32. The van der Waals surface area contributed by atoms with Crippen molar-refractivity contribution >= 4 is 17.4 Å². The molecule has 1 atom stereocenters. The lowest BCUT2D eigenvalue weighted by atomic mass is 9.95. The van der Waals surface area contributed by atoms with Crippen LogP contribution < -0.4 is 4.74 Å². The average Bonchev–Trinajstić information content (AvgIpc) is 3.05. The highest BCUT2D eigenvalue weighted by Crippen LogP contribution is 2.40. The molecule has 1 saturated heterocycles. The highest BCUT2D eigenvalue weighted by molar-refractivity contribution is 6.46. The Balaban J connectivity index is 1.85. The van der Waals surface area contributed by atoms with Gasteiger partial charge in [-0.25, -0.2) is 0 Å². The Bertz CT molecular complexity index is 1090. The average molecular weight is 399 g/mol. The normalized spacial score (nSPS) is 17.9. The van der Waals surface area contributed by atoms with Crippen molar-refractivity contribution in [2.24, 2.45) is 0 Å². The molecule has 1 amide bonds. The van der Waals surface area contributed by atoms with Crippen LogP contribution in [0.15, 0.2) is 90.5 Å². The molecule has 0 bridgehead atoms. The lowest BCUT2D eigenvalue weighted by Crippen LogP contribution is -2.29. The van der Waals surface area contributed by atoms with E-state index < -0.39 is 17.7 Å². The van der Waals surface area contributed by atoms with E-state index in [9.17, 15) is 14.7 Å². The number of hydrogen-bond acceptors (Lipinski definition) is 4. The highest BCUT2D eigenvalue weighted by Gasteiger charge is 2.46. The largest absolute Gasteiger partial charge is 0.507 e. The van der Waals surface area contributed by atoms with Crippen LogP contribution in [0.2, 0.25) is 0 Å². The Labute approximate surface area is 174 Å². The van der Waals surface area contributed by atoms with Gasteiger partial charge < -0.3 is 14.7 Å². The second-order valence-corrected chi connectivity index (χ2v) is 7.05. The number of carbonyl (C=O) groups excluding carboxylic acids is 2. The summed E-state index contributed by atoms with van der Waals surface area (Å²) in [6, 6.07) is 24.8. The first-order chi connectivity index (χ1) is 14.6. The van der Waals surface area contributed by atoms with Gasteiger partial charge in [0, 0.05) is 12.1 Å². The number of ether oxygens (including phenoxy) is 1. The third-order valence-corrected chi connectivity index (χ3v) is 5.21. The van der Waals surface area contributed by atoms with Crippen molar-refractivity contribution in [3.8, 4) is 5.75 Å². The number of nitrogens with zero attached hydrogens (tertiary/aromatic N) is 1. The third-order valence-electron chi connectivity index (χ3n) is 5.21. The molecule has 0 radical (unpaired) electrons. The number of methoxy groups -OCH3 is 1. The zero-order valence-electron chi connectivity index (χ0n) is 16.5. The minimum absolute atomic E-state index is 0.0901. The Morgan fingerprint density at radius 2 is 1.50 bits per heavy atom. The molecule has 5 heteroatoms. The number of rotatable bonds is 5. The van der Waals surface area contributed by atoms with E-state index in [1.807, 2.05) is 48.5 Å². The van der Waals surface area contributed by atoms with Crippen molar-refractivity contribution in [3.63, 3.8) is 0 Å². The van der Waals surface area contributed by atoms with E-state index in [0.717, 1.165) is 11.1 Å². The minimum atomic E-state index is -0.698. The molecule has 0 aromatic heterocycles. The maximum atomic E-state index is 13.0. The first-order valence-electron chi connectivity index (χ1n) is 9.62. The molecule has 1 unspecified atom stereocenters. The van der Waals surface area contributed by atoms with Gasteiger partial charge >= 0.3 is 0 Å². The van der Waals surface area contributed by atoms with Crippen molar-refractivity contribution in [1.82, 2.24) is 4.90 Å². The number of likely N-dealkylation sites (tertiary alicyclic amines) is 1. The molecule has 4 rings (SSSR count). The maximum Gasteiger partial charge on any atom is 0.295 e. The molecule has 1 N–H and O–H groups in total. The summed E-state index contributed by atoms with van der Waals surface area (Å²) in [7, 11) is 1.58. The lowest BCUT2D eigenvalue weighted by molar-refractivity contribution is -0.140. The monoisotopic (exact) mass is 399 g/mol. The van der Waals surface area contributed by atoms with Crippen LogP contribution >= 0.6 is 0 Å². The van der Waals surface area contributed by atoms with Crippen molar-refractivity contribution < 1.29 is 19.4 Å². The van der Waals surface area contributed by atoms with E-state index >= 15 is 0 Å². The fourth-order valence-electron chi connectivity index (χ4n) is 3.71. The molecule has 1 aliphatic rings. The predicted molar refractivity (Wildman–Crippen MR) is 114 cm³/mol. The van der Waals surface area contributed by atoms with Crippen LogP contribution in [0.25, 0.3) is 5.76 Å². The van der Waals surface area contributed by atoms with Crippen molar-refractivity contribution in [3.05, 3.63) is 107 Å². The lowest BCUT2D eigenvalue weighted by Gasteiger charge is -2.25. The molecule has 5 nitrogen and oxygen atoms in total. The SMILES string of the molecule is COc1ccc(C2C(=C(O)c3ccccc3)C(=O)C(=O)N2Cc2ccccc2)cc1. The van der Waals surface area contributed by atoms with Crippen LogP contribution in [-0.4, -0.2) is 28.8 Å². The van der Waals surface area contributed by atoms with Gasteiger partial charge in [-0.1, -0.05) is 72.8 Å². The second-order valence-electron chi connectivity index (χ2n) is 7.05. The van der Waals surface area contributed by atoms with Crippen molar-refractivity contribution in [2.75, 3.05) is 7.11 Å². The fourth-order valence-corrected chi connectivity index (χ4v) is 3.71. The highest BCUT2D eigenvalue weighted by atomic mass is 16.5. The van der Waals surface area contributed by atoms with Crippen LogP contribution in [0.5, 0.6) is 5.75 Å². The van der Waals surface area contributed by atoms with E-state index in [-0.39, 0.29) is 17.9 Å². The molecule has 30 heavy (non-hydrogen) atoms. The summed E-state index contributed by atoms with van der Waals surface area (Å²) >= 11 is 0. The zero-order valence-corrected chi connectivity index (χ0v) is 16.5. The standard InChI is InChI=1S/C25H21NO4/c1-30-20-14-12-18(13-15-20)22-21(23(27)19-10-6-3-7-11-19)24(28)25(29)26(22)16-17-8-4-2-5-9-17/h2-15,22,27H,16H2,1H3. The Morgan fingerprint density at radius 3 is 2.10 bits per heavy atom. The number of carbonyl (C=O) groups is 2. The van der Waals surface area contributed by atoms with Gasteiger partial charge in [0.1, 0.15) is 11.5 Å². The zero-order chi connectivity index (χ0) is 21.1. The molecule has 0 spiro atoms. The van der Waals surface area contributed by atoms with Gasteiger partial charge in [-0.3, -0.25) is 9.59 Å². The topological polar surface area (TPSA) is 66.8 Å². The van der Waals surface area contributed by atoms with Gasteiger partial charge in [-0.15, -0.1) is 0 Å². The van der Waals surface area contributed by atoms with E-state index in [0.29, 0.717) is 11.3 Å². The number of aliphatic hydroxyl groups excluding tert-OH is 1. The molecule has 1 aliphatic heterocycles. The maximum absolute atomic E-state index is 13.0. The number of benzene rings is 3. The van der Waals surface area contributed by atoms with Crippen molar-refractivity contribution in [2.45, 2.75) is 12.6 Å². The molecular weight excluding hydrogens is 378 g/mol. The quantitative estimate of drug-likeness (QED) is 0.394. The molecule has 0 saturated carbocycles. The number of aliphatic hydroxyl groups is 1. The summed E-state index contributed by atoms with van der Waals surface area (Å²) in [5.74, 6) is -0.822. The molecule has 3 aromatic rings. The molecule has 3 aromatic carbocycles. The first kappa shape index (κ1) is 19.5.